The third kappa shape index (κ3) is 2.62. The van der Waals surface area contributed by atoms with Gasteiger partial charge in [-0.05, 0) is 25.7 Å². The number of carbonyl (C=O) groups is 3. The number of hydrogen-bond donors (Lipinski definition) is 2. The molecule has 1 unspecified atom stereocenters. The zero-order chi connectivity index (χ0) is 15.6. The van der Waals surface area contributed by atoms with Crippen LogP contribution in [-0.4, -0.2) is 58.9 Å². The normalized spacial score (nSPS) is 24.6. The van der Waals surface area contributed by atoms with Gasteiger partial charge < -0.3 is 16.0 Å². The van der Waals surface area contributed by atoms with E-state index in [9.17, 15) is 14.4 Å². The maximum atomic E-state index is 12.4. The minimum Gasteiger partial charge on any atom is -0.337 e. The van der Waals surface area contributed by atoms with Crippen LogP contribution in [0.4, 0.5) is 4.79 Å². The number of carbonyl (C=O) groups excluding carboxylic acids is 3. The number of imide groups is 1. The van der Waals surface area contributed by atoms with Crippen LogP contribution in [0.25, 0.3) is 0 Å². The average molecular weight is 296 g/mol. The largest absolute Gasteiger partial charge is 0.337 e. The van der Waals surface area contributed by atoms with Crippen molar-refractivity contribution in [3.8, 4) is 0 Å². The molecule has 7 heteroatoms. The van der Waals surface area contributed by atoms with Crippen molar-refractivity contribution in [3.05, 3.63) is 0 Å². The summed E-state index contributed by atoms with van der Waals surface area (Å²) in [6.07, 6.45) is 2.85. The van der Waals surface area contributed by atoms with E-state index in [1.165, 1.54) is 0 Å². The first-order valence-electron chi connectivity index (χ1n) is 7.62. The molecule has 0 radical (unpaired) electrons. The van der Waals surface area contributed by atoms with Gasteiger partial charge in [0, 0.05) is 19.1 Å². The van der Waals surface area contributed by atoms with Gasteiger partial charge in [0.25, 0.3) is 5.91 Å². The molecule has 2 aliphatic heterocycles. The van der Waals surface area contributed by atoms with Crippen molar-refractivity contribution in [1.82, 2.24) is 15.1 Å². The predicted molar refractivity (Wildman–Crippen MR) is 77.3 cm³/mol. The molecular weight excluding hydrogens is 272 g/mol. The molecule has 0 bridgehead atoms. The minimum absolute atomic E-state index is 0.0281. The maximum Gasteiger partial charge on any atom is 0.325 e. The number of likely N-dealkylation sites (tertiary alicyclic amines) is 1. The van der Waals surface area contributed by atoms with Crippen molar-refractivity contribution >= 4 is 17.8 Å². The van der Waals surface area contributed by atoms with Gasteiger partial charge in [0.1, 0.15) is 12.1 Å². The van der Waals surface area contributed by atoms with Crippen molar-refractivity contribution < 1.29 is 14.4 Å². The second kappa shape index (κ2) is 6.01. The Kier molecular flexibility index (Phi) is 4.51. The van der Waals surface area contributed by atoms with E-state index in [1.807, 2.05) is 13.8 Å². The second-order valence-electron chi connectivity index (χ2n) is 5.73. The summed E-state index contributed by atoms with van der Waals surface area (Å²) in [4.78, 5) is 39.5. The topological polar surface area (TPSA) is 95.7 Å². The highest BCUT2D eigenvalue weighted by atomic mass is 16.2. The third-order valence-electron chi connectivity index (χ3n) is 4.72. The van der Waals surface area contributed by atoms with Crippen LogP contribution in [0.15, 0.2) is 0 Å². The fourth-order valence-electron chi connectivity index (χ4n) is 3.18. The zero-order valence-electron chi connectivity index (χ0n) is 12.7. The molecular formula is C14H24N4O3. The zero-order valence-corrected chi connectivity index (χ0v) is 12.7. The van der Waals surface area contributed by atoms with Gasteiger partial charge >= 0.3 is 6.03 Å². The van der Waals surface area contributed by atoms with Gasteiger partial charge in [0.05, 0.1) is 0 Å². The smallest absolute Gasteiger partial charge is 0.325 e. The van der Waals surface area contributed by atoms with Crippen molar-refractivity contribution in [1.29, 1.82) is 0 Å². The highest BCUT2D eigenvalue weighted by Crippen LogP contribution is 2.25. The van der Waals surface area contributed by atoms with Crippen molar-refractivity contribution in [2.24, 2.45) is 5.73 Å². The van der Waals surface area contributed by atoms with Crippen molar-refractivity contribution in [2.75, 3.05) is 19.6 Å². The van der Waals surface area contributed by atoms with Gasteiger partial charge in [-0.15, -0.1) is 0 Å². The molecule has 2 saturated heterocycles. The molecule has 1 atom stereocenters. The summed E-state index contributed by atoms with van der Waals surface area (Å²) < 4.78 is 0. The van der Waals surface area contributed by atoms with E-state index in [0.29, 0.717) is 25.9 Å². The van der Waals surface area contributed by atoms with Gasteiger partial charge in [-0.1, -0.05) is 13.8 Å². The first-order chi connectivity index (χ1) is 9.99. The molecule has 2 aliphatic rings. The highest BCUT2D eigenvalue weighted by Gasteiger charge is 2.49. The Morgan fingerprint density at radius 1 is 1.38 bits per heavy atom. The Hall–Kier alpha value is -1.63. The molecule has 21 heavy (non-hydrogen) atoms. The van der Waals surface area contributed by atoms with E-state index in [4.69, 9.17) is 5.73 Å². The number of amides is 4. The van der Waals surface area contributed by atoms with E-state index in [0.717, 1.165) is 17.7 Å². The van der Waals surface area contributed by atoms with E-state index >= 15 is 0 Å². The highest BCUT2D eigenvalue weighted by molar-refractivity contribution is 6.09. The summed E-state index contributed by atoms with van der Waals surface area (Å²) in [5.41, 5.74) is 4.81. The Labute approximate surface area is 124 Å². The van der Waals surface area contributed by atoms with E-state index in [1.54, 1.807) is 4.90 Å². The Balaban J connectivity index is 2.07. The SMILES string of the molecule is CCC1(CC)NC(=O)N(CC(=O)N2CCCC2CN)C1=O. The second-order valence-corrected chi connectivity index (χ2v) is 5.73. The van der Waals surface area contributed by atoms with Crippen LogP contribution in [0, 0.1) is 0 Å². The summed E-state index contributed by atoms with van der Waals surface area (Å²) in [6.45, 7) is 4.59. The number of urea groups is 1. The first-order valence-corrected chi connectivity index (χ1v) is 7.62. The standard InChI is InChI=1S/C14H24N4O3/c1-3-14(4-2)12(20)18(13(21)16-14)9-11(19)17-7-5-6-10(17)8-15/h10H,3-9,15H2,1-2H3,(H,16,21). The molecule has 0 aliphatic carbocycles. The number of nitrogens with two attached hydrogens (primary N) is 1. The number of hydrogen-bond acceptors (Lipinski definition) is 4. The molecule has 0 saturated carbocycles. The fourth-order valence-corrected chi connectivity index (χ4v) is 3.18. The molecule has 7 nitrogen and oxygen atoms in total. The van der Waals surface area contributed by atoms with E-state index < -0.39 is 11.6 Å². The van der Waals surface area contributed by atoms with Crippen LogP contribution in [-0.2, 0) is 9.59 Å². The summed E-state index contributed by atoms with van der Waals surface area (Å²) in [6, 6.07) is -0.444. The van der Waals surface area contributed by atoms with Crippen molar-refractivity contribution in [3.63, 3.8) is 0 Å². The van der Waals surface area contributed by atoms with E-state index in [-0.39, 0.29) is 24.4 Å². The lowest BCUT2D eigenvalue weighted by Gasteiger charge is -2.26. The lowest BCUT2D eigenvalue weighted by molar-refractivity contribution is -0.139. The molecule has 118 valence electrons. The molecule has 2 rings (SSSR count). The van der Waals surface area contributed by atoms with Gasteiger partial charge in [0.2, 0.25) is 5.91 Å². The Bertz CT molecular complexity index is 448. The lowest BCUT2D eigenvalue weighted by atomic mass is 9.93. The number of nitrogens with zero attached hydrogens (tertiary/aromatic N) is 2. The maximum absolute atomic E-state index is 12.4. The number of nitrogens with one attached hydrogen (secondary N) is 1. The molecule has 0 aromatic rings. The molecule has 0 aromatic heterocycles. The van der Waals surface area contributed by atoms with Crippen LogP contribution >= 0.6 is 0 Å². The van der Waals surface area contributed by atoms with Gasteiger partial charge in [-0.2, -0.15) is 0 Å². The van der Waals surface area contributed by atoms with Gasteiger partial charge in [0.15, 0.2) is 0 Å². The monoisotopic (exact) mass is 296 g/mol. The Morgan fingerprint density at radius 2 is 2.05 bits per heavy atom. The first kappa shape index (κ1) is 15.8. The molecule has 2 fully saturated rings. The minimum atomic E-state index is -0.852. The summed E-state index contributed by atoms with van der Waals surface area (Å²) in [5, 5.41) is 2.73. The predicted octanol–water partition coefficient (Wildman–Crippen LogP) is 0.0467. The Morgan fingerprint density at radius 3 is 2.57 bits per heavy atom. The summed E-state index contributed by atoms with van der Waals surface area (Å²) in [5.74, 6) is -0.496. The lowest BCUT2D eigenvalue weighted by Crippen LogP contribution is -2.48. The summed E-state index contributed by atoms with van der Waals surface area (Å²) >= 11 is 0. The fraction of sp³-hybridized carbons (Fsp3) is 0.786. The van der Waals surface area contributed by atoms with Gasteiger partial charge in [-0.3, -0.25) is 14.5 Å². The number of rotatable bonds is 5. The average Bonchev–Trinajstić information content (AvgIpc) is 3.05. The van der Waals surface area contributed by atoms with Gasteiger partial charge in [-0.25, -0.2) is 4.79 Å². The molecule has 3 N–H and O–H groups in total. The molecule has 2 heterocycles. The van der Waals surface area contributed by atoms with Crippen LogP contribution in [0.2, 0.25) is 0 Å². The van der Waals surface area contributed by atoms with Crippen LogP contribution < -0.4 is 11.1 Å². The van der Waals surface area contributed by atoms with Crippen LogP contribution in [0.5, 0.6) is 0 Å². The quantitative estimate of drug-likeness (QED) is 0.701. The molecule has 0 aromatic carbocycles. The molecule has 4 amide bonds. The third-order valence-corrected chi connectivity index (χ3v) is 4.72. The van der Waals surface area contributed by atoms with Crippen molar-refractivity contribution in [2.45, 2.75) is 51.1 Å². The van der Waals surface area contributed by atoms with E-state index in [2.05, 4.69) is 5.32 Å². The van der Waals surface area contributed by atoms with Crippen LogP contribution in [0.3, 0.4) is 0 Å². The molecule has 0 spiro atoms. The van der Waals surface area contributed by atoms with Crippen LogP contribution in [0.1, 0.15) is 39.5 Å². The summed E-state index contributed by atoms with van der Waals surface area (Å²) in [7, 11) is 0.